The van der Waals surface area contributed by atoms with Crippen LogP contribution in [-0.2, 0) is 14.3 Å². The highest BCUT2D eigenvalue weighted by Crippen LogP contribution is 2.24. The van der Waals surface area contributed by atoms with Crippen LogP contribution in [0.1, 0.15) is 47.0 Å². The van der Waals surface area contributed by atoms with Crippen molar-refractivity contribution in [1.82, 2.24) is 21.3 Å². The van der Waals surface area contributed by atoms with Crippen LogP contribution in [0.5, 0.6) is 0 Å². The van der Waals surface area contributed by atoms with Crippen molar-refractivity contribution < 1.29 is 34.8 Å². The van der Waals surface area contributed by atoms with Gasteiger partial charge in [-0.2, -0.15) is 0 Å². The van der Waals surface area contributed by atoms with Crippen LogP contribution in [0.2, 0.25) is 0 Å². The highest BCUT2D eigenvalue weighted by molar-refractivity contribution is 5.91. The van der Waals surface area contributed by atoms with Crippen LogP contribution in [0.3, 0.4) is 0 Å². The normalized spacial score (nSPS) is 16.6. The molecule has 196 valence electrons. The summed E-state index contributed by atoms with van der Waals surface area (Å²) in [5, 5.41) is 52.7. The lowest BCUT2D eigenvalue weighted by molar-refractivity contribution is -0.168. The second-order valence-electron chi connectivity index (χ2n) is 8.20. The maximum atomic E-state index is 12.6. The number of hydrogen-bond donors (Lipinski definition) is 8. The molecular formula is C22H46N4O7. The van der Waals surface area contributed by atoms with Gasteiger partial charge in [-0.3, -0.25) is 9.59 Å². The number of amides is 1. The lowest BCUT2D eigenvalue weighted by atomic mass is 9.85. The number of hydrogen-bond acceptors (Lipinski definition) is 10. The first kappa shape index (κ1) is 31.8. The molecule has 0 bridgehead atoms. The van der Waals surface area contributed by atoms with Crippen molar-refractivity contribution >= 4 is 11.7 Å². The summed E-state index contributed by atoms with van der Waals surface area (Å²) in [7, 11) is 1.32. The van der Waals surface area contributed by atoms with E-state index < -0.39 is 41.7 Å². The van der Waals surface area contributed by atoms with Gasteiger partial charge in [-0.25, -0.2) is 0 Å². The summed E-state index contributed by atoms with van der Waals surface area (Å²) in [5.41, 5.74) is -1.32. The van der Waals surface area contributed by atoms with Gasteiger partial charge < -0.3 is 46.4 Å². The van der Waals surface area contributed by atoms with E-state index in [1.807, 2.05) is 0 Å². The number of ketones is 1. The third-order valence-corrected chi connectivity index (χ3v) is 6.00. The highest BCUT2D eigenvalue weighted by Gasteiger charge is 2.45. The SMILES string of the molecule is CCC(C)NCCNCCNCCNC(=O)[C@H](O)[C@@H](O)[C@H](O)[C@H](O)C(=O)C(CC)(CC)OC. The van der Waals surface area contributed by atoms with E-state index in [4.69, 9.17) is 4.74 Å². The average molecular weight is 479 g/mol. The van der Waals surface area contributed by atoms with Crippen LogP contribution in [0, 0.1) is 0 Å². The van der Waals surface area contributed by atoms with Gasteiger partial charge in [0.05, 0.1) is 0 Å². The van der Waals surface area contributed by atoms with Crippen molar-refractivity contribution in [3.05, 3.63) is 0 Å². The Bertz CT molecular complexity index is 541. The van der Waals surface area contributed by atoms with Crippen LogP contribution in [-0.4, -0.2) is 115 Å². The van der Waals surface area contributed by atoms with Gasteiger partial charge in [-0.05, 0) is 26.2 Å². The van der Waals surface area contributed by atoms with E-state index in [1.165, 1.54) is 7.11 Å². The Labute approximate surface area is 197 Å². The van der Waals surface area contributed by atoms with E-state index in [0.717, 1.165) is 26.1 Å². The topological polar surface area (TPSA) is 172 Å². The first-order valence-electron chi connectivity index (χ1n) is 11.9. The Morgan fingerprint density at radius 1 is 0.818 bits per heavy atom. The Hall–Kier alpha value is -1.18. The molecule has 1 amide bonds. The van der Waals surface area contributed by atoms with E-state index >= 15 is 0 Å². The van der Waals surface area contributed by atoms with Crippen LogP contribution in [0.4, 0.5) is 0 Å². The first-order valence-corrected chi connectivity index (χ1v) is 11.9. The van der Waals surface area contributed by atoms with E-state index in [2.05, 4.69) is 35.1 Å². The molecule has 0 radical (unpaired) electrons. The lowest BCUT2D eigenvalue weighted by Crippen LogP contribution is -2.57. The largest absolute Gasteiger partial charge is 0.387 e. The second-order valence-corrected chi connectivity index (χ2v) is 8.20. The Balaban J connectivity index is 4.26. The van der Waals surface area contributed by atoms with Crippen molar-refractivity contribution in [3.63, 3.8) is 0 Å². The molecule has 0 aliphatic heterocycles. The Kier molecular flexibility index (Phi) is 16.7. The fourth-order valence-corrected chi connectivity index (χ4v) is 3.30. The van der Waals surface area contributed by atoms with Gasteiger partial charge in [-0.15, -0.1) is 0 Å². The van der Waals surface area contributed by atoms with Gasteiger partial charge in [-0.1, -0.05) is 20.8 Å². The fourth-order valence-electron chi connectivity index (χ4n) is 3.30. The quantitative estimate of drug-likeness (QED) is 0.0905. The van der Waals surface area contributed by atoms with Gasteiger partial charge in [0.25, 0.3) is 5.91 Å². The molecule has 0 fully saturated rings. The Morgan fingerprint density at radius 3 is 1.79 bits per heavy atom. The summed E-state index contributed by atoms with van der Waals surface area (Å²) in [5.74, 6) is -1.73. The van der Waals surface area contributed by atoms with E-state index in [-0.39, 0.29) is 19.4 Å². The number of Topliss-reactive ketones (excluding diaryl/α,β-unsaturated/α-hetero) is 1. The van der Waals surface area contributed by atoms with Crippen molar-refractivity contribution in [3.8, 4) is 0 Å². The molecule has 11 heteroatoms. The molecule has 0 spiro atoms. The van der Waals surface area contributed by atoms with Crippen LogP contribution < -0.4 is 21.3 Å². The van der Waals surface area contributed by atoms with Crippen LogP contribution in [0.15, 0.2) is 0 Å². The monoisotopic (exact) mass is 478 g/mol. The highest BCUT2D eigenvalue weighted by atomic mass is 16.5. The number of carbonyl (C=O) groups is 2. The van der Waals surface area contributed by atoms with Gasteiger partial charge in [0.2, 0.25) is 0 Å². The van der Waals surface area contributed by atoms with Crippen LogP contribution in [0.25, 0.3) is 0 Å². The molecule has 0 rings (SSSR count). The molecule has 0 saturated carbocycles. The fraction of sp³-hybridized carbons (Fsp3) is 0.909. The minimum absolute atomic E-state index is 0.189. The average Bonchev–Trinajstić information content (AvgIpc) is 2.83. The molecule has 11 nitrogen and oxygen atoms in total. The zero-order chi connectivity index (χ0) is 25.4. The van der Waals surface area contributed by atoms with Gasteiger partial charge in [0, 0.05) is 52.4 Å². The number of aliphatic hydroxyl groups is 4. The number of methoxy groups -OCH3 is 1. The number of ether oxygens (including phenoxy) is 1. The summed E-state index contributed by atoms with van der Waals surface area (Å²) in [6.07, 6.45) is -6.54. The number of carbonyl (C=O) groups excluding carboxylic acids is 2. The van der Waals surface area contributed by atoms with Gasteiger partial charge in [0.15, 0.2) is 11.9 Å². The summed E-state index contributed by atoms with van der Waals surface area (Å²) < 4.78 is 5.23. The van der Waals surface area contributed by atoms with Crippen molar-refractivity contribution in [2.75, 3.05) is 46.4 Å². The minimum atomic E-state index is -2.05. The Morgan fingerprint density at radius 2 is 1.30 bits per heavy atom. The number of aliphatic hydroxyl groups excluding tert-OH is 4. The predicted octanol–water partition coefficient (Wildman–Crippen LogP) is -2.11. The molecule has 0 aliphatic rings. The standard InChI is InChI=1S/C22H46N4O7/c1-6-15(4)25-13-11-23-9-10-24-12-14-26-21(32)19(30)17(28)16(27)18(29)20(31)22(7-2,8-3)33-5/h15-19,23-25,27-30H,6-14H2,1-5H3,(H,26,32)/t15?,16-,17-,18-,19+/m0/s1. The van der Waals surface area contributed by atoms with Crippen molar-refractivity contribution in [2.24, 2.45) is 0 Å². The third kappa shape index (κ3) is 10.7. The molecular weight excluding hydrogens is 432 g/mol. The predicted molar refractivity (Wildman–Crippen MR) is 126 cm³/mol. The minimum Gasteiger partial charge on any atom is -0.387 e. The molecule has 33 heavy (non-hydrogen) atoms. The molecule has 5 atom stereocenters. The summed E-state index contributed by atoms with van der Waals surface area (Å²) in [4.78, 5) is 24.6. The first-order chi connectivity index (χ1) is 15.6. The molecule has 0 aliphatic carbocycles. The molecule has 0 aromatic carbocycles. The maximum Gasteiger partial charge on any atom is 0.251 e. The number of nitrogens with one attached hydrogen (secondary N) is 4. The zero-order valence-corrected chi connectivity index (χ0v) is 20.8. The maximum absolute atomic E-state index is 12.6. The summed E-state index contributed by atoms with van der Waals surface area (Å²) >= 11 is 0. The third-order valence-electron chi connectivity index (χ3n) is 6.00. The van der Waals surface area contributed by atoms with Crippen molar-refractivity contribution in [2.45, 2.75) is 83.0 Å². The van der Waals surface area contributed by atoms with Crippen molar-refractivity contribution in [1.29, 1.82) is 0 Å². The molecule has 8 N–H and O–H groups in total. The van der Waals surface area contributed by atoms with Crippen LogP contribution >= 0.6 is 0 Å². The smallest absolute Gasteiger partial charge is 0.251 e. The molecule has 0 aromatic rings. The molecule has 1 unspecified atom stereocenters. The molecule has 0 saturated heterocycles. The summed E-state index contributed by atoms with van der Waals surface area (Å²) in [6, 6.07) is 0.499. The van der Waals surface area contributed by atoms with E-state index in [9.17, 15) is 30.0 Å². The van der Waals surface area contributed by atoms with E-state index in [1.54, 1.807) is 13.8 Å². The van der Waals surface area contributed by atoms with Gasteiger partial charge in [0.1, 0.15) is 23.9 Å². The lowest BCUT2D eigenvalue weighted by Gasteiger charge is -2.33. The molecule has 0 heterocycles. The zero-order valence-electron chi connectivity index (χ0n) is 20.8. The number of rotatable bonds is 20. The molecule has 0 aromatic heterocycles. The summed E-state index contributed by atoms with van der Waals surface area (Å²) in [6.45, 7) is 11.5. The van der Waals surface area contributed by atoms with E-state index in [0.29, 0.717) is 19.1 Å². The van der Waals surface area contributed by atoms with Gasteiger partial charge >= 0.3 is 0 Å². The second kappa shape index (κ2) is 17.3.